The number of nitrogens with zero attached hydrogens (tertiary/aromatic N) is 1. The summed E-state index contributed by atoms with van der Waals surface area (Å²) in [5.74, 6) is 0.499. The number of anilines is 2. The lowest BCUT2D eigenvalue weighted by atomic mass is 10.1. The van der Waals surface area contributed by atoms with E-state index in [0.29, 0.717) is 30.9 Å². The number of alkyl halides is 3. The van der Waals surface area contributed by atoms with E-state index in [2.05, 4.69) is 31.2 Å². The van der Waals surface area contributed by atoms with Gasteiger partial charge in [0.1, 0.15) is 12.4 Å². The van der Waals surface area contributed by atoms with Gasteiger partial charge in [0.2, 0.25) is 12.4 Å². The SMILES string of the molecule is CC.CC.O=CNc1nc2ccc(CCNC(=O)Nc3cc(C(F)(F)F)ccc3OCC3CCCN3)cc2[nH]1. The molecular formula is C27H37F3N6O3. The van der Waals surface area contributed by atoms with Gasteiger partial charge in [-0.25, -0.2) is 9.78 Å². The number of amides is 3. The van der Waals surface area contributed by atoms with Gasteiger partial charge in [0.05, 0.1) is 22.3 Å². The van der Waals surface area contributed by atoms with Gasteiger partial charge >= 0.3 is 12.2 Å². The molecule has 3 aromatic rings. The molecule has 1 fully saturated rings. The van der Waals surface area contributed by atoms with Crippen molar-refractivity contribution >= 4 is 35.1 Å². The van der Waals surface area contributed by atoms with E-state index in [1.807, 2.05) is 39.8 Å². The molecule has 214 valence electrons. The number of H-pyrrole nitrogens is 1. The number of imidazole rings is 1. The molecule has 2 heterocycles. The molecule has 0 spiro atoms. The van der Waals surface area contributed by atoms with E-state index in [1.165, 1.54) is 6.07 Å². The van der Waals surface area contributed by atoms with Crippen molar-refractivity contribution in [3.63, 3.8) is 0 Å². The van der Waals surface area contributed by atoms with Crippen LogP contribution in [0.25, 0.3) is 11.0 Å². The van der Waals surface area contributed by atoms with Crippen LogP contribution in [0.1, 0.15) is 51.7 Å². The zero-order valence-electron chi connectivity index (χ0n) is 22.7. The van der Waals surface area contributed by atoms with Crippen LogP contribution in [0.2, 0.25) is 0 Å². The summed E-state index contributed by atoms with van der Waals surface area (Å²) in [6.45, 7) is 9.41. The largest absolute Gasteiger partial charge is 0.490 e. The molecule has 1 saturated heterocycles. The van der Waals surface area contributed by atoms with E-state index >= 15 is 0 Å². The van der Waals surface area contributed by atoms with Crippen molar-refractivity contribution in [2.45, 2.75) is 59.2 Å². The number of ether oxygens (including phenoxy) is 1. The highest BCUT2D eigenvalue weighted by Crippen LogP contribution is 2.35. The van der Waals surface area contributed by atoms with Crippen LogP contribution in [-0.4, -0.2) is 48.1 Å². The van der Waals surface area contributed by atoms with Gasteiger partial charge in [-0.3, -0.25) is 10.1 Å². The number of rotatable bonds is 9. The third-order valence-electron chi connectivity index (χ3n) is 5.60. The molecule has 12 heteroatoms. The fourth-order valence-electron chi connectivity index (χ4n) is 3.84. The van der Waals surface area contributed by atoms with Gasteiger partial charge in [-0.15, -0.1) is 0 Å². The van der Waals surface area contributed by atoms with Crippen molar-refractivity contribution in [1.82, 2.24) is 20.6 Å². The number of hydrogen-bond acceptors (Lipinski definition) is 5. The van der Waals surface area contributed by atoms with Gasteiger partial charge in [-0.2, -0.15) is 13.2 Å². The second-order valence-electron chi connectivity index (χ2n) is 8.14. The highest BCUT2D eigenvalue weighted by molar-refractivity contribution is 5.91. The van der Waals surface area contributed by atoms with E-state index in [4.69, 9.17) is 4.74 Å². The number of aromatic nitrogens is 2. The summed E-state index contributed by atoms with van der Waals surface area (Å²) in [4.78, 5) is 30.2. The van der Waals surface area contributed by atoms with Crippen LogP contribution >= 0.6 is 0 Å². The highest BCUT2D eigenvalue weighted by atomic mass is 19.4. The van der Waals surface area contributed by atoms with Crippen molar-refractivity contribution in [2.75, 3.05) is 30.3 Å². The second-order valence-corrected chi connectivity index (χ2v) is 8.14. The number of fused-ring (bicyclic) bond motifs is 1. The summed E-state index contributed by atoms with van der Waals surface area (Å²) >= 11 is 0. The molecule has 0 bridgehead atoms. The number of urea groups is 1. The van der Waals surface area contributed by atoms with Gasteiger partial charge in [0, 0.05) is 12.6 Å². The smallest absolute Gasteiger partial charge is 0.416 e. The van der Waals surface area contributed by atoms with E-state index < -0.39 is 17.8 Å². The van der Waals surface area contributed by atoms with Crippen LogP contribution in [0.4, 0.5) is 29.6 Å². The highest BCUT2D eigenvalue weighted by Gasteiger charge is 2.31. The average Bonchev–Trinajstić information content (AvgIpc) is 3.59. The molecule has 1 aromatic heterocycles. The zero-order valence-corrected chi connectivity index (χ0v) is 22.7. The summed E-state index contributed by atoms with van der Waals surface area (Å²) in [5, 5.41) is 10.8. The standard InChI is InChI=1S/C23H25F3N6O3.2C2H6/c24-23(25,26)15-4-6-20(35-12-16-2-1-8-27-16)19(11-15)32-22(34)28-9-7-14-3-5-17-18(10-14)31-21(30-17)29-13-33;2*1-2/h3-6,10-11,13,16,27H,1-2,7-9,12H2,(H2,28,32,34)(H2,29,30,31,33);2*1-2H3. The molecule has 1 unspecified atom stereocenters. The van der Waals surface area contributed by atoms with Gasteiger partial charge in [-0.1, -0.05) is 33.8 Å². The predicted octanol–water partition coefficient (Wildman–Crippen LogP) is 5.70. The Hall–Kier alpha value is -3.80. The molecule has 5 N–H and O–H groups in total. The molecule has 1 aliphatic rings. The average molecular weight is 551 g/mol. The second kappa shape index (κ2) is 15.6. The summed E-state index contributed by atoms with van der Waals surface area (Å²) < 4.78 is 45.3. The molecule has 9 nitrogen and oxygen atoms in total. The summed E-state index contributed by atoms with van der Waals surface area (Å²) in [6, 6.07) is 7.96. The van der Waals surface area contributed by atoms with E-state index in [-0.39, 0.29) is 24.0 Å². The first-order valence-corrected chi connectivity index (χ1v) is 13.1. The molecule has 0 saturated carbocycles. The van der Waals surface area contributed by atoms with Crippen molar-refractivity contribution in [3.8, 4) is 5.75 Å². The molecule has 39 heavy (non-hydrogen) atoms. The maximum absolute atomic E-state index is 13.2. The Morgan fingerprint density at radius 2 is 1.92 bits per heavy atom. The predicted molar refractivity (Wildman–Crippen MR) is 147 cm³/mol. The van der Waals surface area contributed by atoms with Gasteiger partial charge in [0.15, 0.2) is 0 Å². The lowest BCUT2D eigenvalue weighted by Gasteiger charge is -2.17. The molecule has 4 rings (SSSR count). The van der Waals surface area contributed by atoms with Crippen molar-refractivity contribution in [3.05, 3.63) is 47.5 Å². The molecule has 0 aliphatic carbocycles. The molecule has 0 radical (unpaired) electrons. The maximum atomic E-state index is 13.2. The van der Waals surface area contributed by atoms with Crippen molar-refractivity contribution < 1.29 is 27.5 Å². The first-order chi connectivity index (χ1) is 18.8. The quantitative estimate of drug-likeness (QED) is 0.219. The van der Waals surface area contributed by atoms with E-state index in [1.54, 1.807) is 6.07 Å². The fraction of sp³-hybridized carbons (Fsp3) is 0.444. The topological polar surface area (TPSA) is 120 Å². The monoisotopic (exact) mass is 550 g/mol. The Bertz CT molecular complexity index is 1190. The zero-order chi connectivity index (χ0) is 28.8. The lowest BCUT2D eigenvalue weighted by molar-refractivity contribution is -0.137. The third kappa shape index (κ3) is 9.47. The number of hydrogen-bond donors (Lipinski definition) is 5. The van der Waals surface area contributed by atoms with Gasteiger partial charge < -0.3 is 25.7 Å². The van der Waals surface area contributed by atoms with Gasteiger partial charge in [-0.05, 0) is 61.7 Å². The number of aromatic amines is 1. The summed E-state index contributed by atoms with van der Waals surface area (Å²) in [7, 11) is 0. The van der Waals surface area contributed by atoms with Crippen LogP contribution < -0.4 is 26.0 Å². The molecular weight excluding hydrogens is 513 g/mol. The first-order valence-electron chi connectivity index (χ1n) is 13.1. The summed E-state index contributed by atoms with van der Waals surface area (Å²) in [6.07, 6.45) is -1.63. The number of carbonyl (C=O) groups excluding carboxylic acids is 2. The first kappa shape index (κ1) is 31.4. The Kier molecular flexibility index (Phi) is 12.5. The lowest BCUT2D eigenvalue weighted by Crippen LogP contribution is -2.31. The Balaban J connectivity index is 0.00000127. The van der Waals surface area contributed by atoms with Crippen LogP contribution in [0.15, 0.2) is 36.4 Å². The minimum atomic E-state index is -4.55. The summed E-state index contributed by atoms with van der Waals surface area (Å²) in [5.41, 5.74) is 1.36. The number of halogens is 3. The van der Waals surface area contributed by atoms with Crippen LogP contribution in [-0.2, 0) is 17.4 Å². The van der Waals surface area contributed by atoms with E-state index in [9.17, 15) is 22.8 Å². The number of carbonyl (C=O) groups is 2. The Labute approximate surface area is 226 Å². The minimum absolute atomic E-state index is 0.0515. The molecule has 3 amide bonds. The number of benzene rings is 2. The van der Waals surface area contributed by atoms with Crippen LogP contribution in [0.5, 0.6) is 5.75 Å². The van der Waals surface area contributed by atoms with Gasteiger partial charge in [0.25, 0.3) is 0 Å². The van der Waals surface area contributed by atoms with Crippen molar-refractivity contribution in [1.29, 1.82) is 0 Å². The minimum Gasteiger partial charge on any atom is -0.490 e. The molecule has 1 atom stereocenters. The molecule has 1 aliphatic heterocycles. The molecule has 2 aromatic carbocycles. The van der Waals surface area contributed by atoms with Crippen LogP contribution in [0, 0.1) is 0 Å². The Morgan fingerprint density at radius 1 is 1.15 bits per heavy atom. The Morgan fingerprint density at radius 3 is 2.59 bits per heavy atom. The normalized spacial score (nSPS) is 14.4. The maximum Gasteiger partial charge on any atom is 0.416 e. The van der Waals surface area contributed by atoms with Crippen molar-refractivity contribution in [2.24, 2.45) is 0 Å². The van der Waals surface area contributed by atoms with Crippen LogP contribution in [0.3, 0.4) is 0 Å². The third-order valence-corrected chi connectivity index (χ3v) is 5.60. The number of nitrogens with one attached hydrogen (secondary N) is 5. The fourth-order valence-corrected chi connectivity index (χ4v) is 3.84. The van der Waals surface area contributed by atoms with E-state index in [0.717, 1.165) is 42.6 Å².